The maximum absolute atomic E-state index is 12.8. The summed E-state index contributed by atoms with van der Waals surface area (Å²) < 4.78 is 43.3. The molecule has 0 bridgehead atoms. The van der Waals surface area contributed by atoms with E-state index in [-0.39, 0.29) is 5.69 Å². The third-order valence-corrected chi connectivity index (χ3v) is 3.97. The highest BCUT2D eigenvalue weighted by Gasteiger charge is 2.33. The van der Waals surface area contributed by atoms with Crippen molar-refractivity contribution in [2.24, 2.45) is 0 Å². The zero-order chi connectivity index (χ0) is 21.6. The first-order valence-corrected chi connectivity index (χ1v) is 8.65. The Kier molecular flexibility index (Phi) is 7.22. The lowest BCUT2D eigenvalue weighted by molar-refractivity contribution is -0.148. The third kappa shape index (κ3) is 6.49. The lowest BCUT2D eigenvalue weighted by Crippen LogP contribution is -2.40. The van der Waals surface area contributed by atoms with Gasteiger partial charge in [-0.05, 0) is 37.3 Å². The first-order chi connectivity index (χ1) is 13.6. The number of amides is 2. The van der Waals surface area contributed by atoms with Gasteiger partial charge in [0.05, 0.1) is 10.6 Å². The average Bonchev–Trinajstić information content (AvgIpc) is 2.67. The van der Waals surface area contributed by atoms with Gasteiger partial charge in [-0.2, -0.15) is 13.2 Å². The Morgan fingerprint density at radius 1 is 1.10 bits per heavy atom. The second kappa shape index (κ2) is 9.42. The van der Waals surface area contributed by atoms with Gasteiger partial charge in [-0.25, -0.2) is 4.79 Å². The smallest absolute Gasteiger partial charge is 0.417 e. The number of halogens is 4. The number of anilines is 1. The van der Waals surface area contributed by atoms with Gasteiger partial charge in [0.2, 0.25) is 0 Å². The van der Waals surface area contributed by atoms with E-state index in [4.69, 9.17) is 16.3 Å². The first kappa shape index (κ1) is 22.2. The molecule has 0 heterocycles. The molecule has 2 amide bonds. The van der Waals surface area contributed by atoms with Crippen LogP contribution in [0, 0.1) is 0 Å². The number of hydrogen-bond donors (Lipinski definition) is 2. The zero-order valence-corrected chi connectivity index (χ0v) is 15.8. The van der Waals surface area contributed by atoms with Crippen LogP contribution in [0.2, 0.25) is 5.02 Å². The van der Waals surface area contributed by atoms with Crippen LogP contribution in [0.4, 0.5) is 18.9 Å². The number of carbonyl (C=O) groups excluding carboxylic acids is 3. The molecule has 154 valence electrons. The van der Waals surface area contributed by atoms with Gasteiger partial charge >= 0.3 is 12.1 Å². The van der Waals surface area contributed by atoms with Crippen LogP contribution >= 0.6 is 11.6 Å². The summed E-state index contributed by atoms with van der Waals surface area (Å²) in [7, 11) is 0. The summed E-state index contributed by atoms with van der Waals surface area (Å²) >= 11 is 5.50. The van der Waals surface area contributed by atoms with Crippen LogP contribution in [0.3, 0.4) is 0 Å². The predicted octanol–water partition coefficient (Wildman–Crippen LogP) is 3.66. The van der Waals surface area contributed by atoms with Gasteiger partial charge in [-0.1, -0.05) is 29.8 Å². The summed E-state index contributed by atoms with van der Waals surface area (Å²) in [6.45, 7) is 0.629. The Labute approximate surface area is 169 Å². The van der Waals surface area contributed by atoms with Crippen molar-refractivity contribution in [3.63, 3.8) is 0 Å². The molecule has 0 aromatic heterocycles. The van der Waals surface area contributed by atoms with Crippen LogP contribution < -0.4 is 10.6 Å². The molecule has 0 spiro atoms. The molecule has 29 heavy (non-hydrogen) atoms. The summed E-state index contributed by atoms with van der Waals surface area (Å²) in [5.41, 5.74) is -0.924. The minimum atomic E-state index is -4.68. The largest absolute Gasteiger partial charge is 0.454 e. The van der Waals surface area contributed by atoms with Crippen LogP contribution in [0.5, 0.6) is 0 Å². The molecule has 1 atom stereocenters. The van der Waals surface area contributed by atoms with Crippen molar-refractivity contribution >= 4 is 35.1 Å². The van der Waals surface area contributed by atoms with E-state index in [1.165, 1.54) is 13.0 Å². The van der Waals surface area contributed by atoms with Gasteiger partial charge in [-0.15, -0.1) is 0 Å². The molecule has 10 heteroatoms. The quantitative estimate of drug-likeness (QED) is 0.688. The molecule has 0 saturated carbocycles. The second-order valence-corrected chi connectivity index (χ2v) is 6.32. The number of alkyl halides is 3. The summed E-state index contributed by atoms with van der Waals surface area (Å²) in [5, 5.41) is 4.09. The molecule has 2 N–H and O–H groups in total. The lowest BCUT2D eigenvalue weighted by Gasteiger charge is -2.14. The van der Waals surface area contributed by atoms with Crippen molar-refractivity contribution in [3.8, 4) is 0 Å². The van der Waals surface area contributed by atoms with E-state index in [1.54, 1.807) is 30.3 Å². The van der Waals surface area contributed by atoms with Crippen LogP contribution in [-0.4, -0.2) is 30.4 Å². The summed E-state index contributed by atoms with van der Waals surface area (Å²) in [4.78, 5) is 35.7. The van der Waals surface area contributed by atoms with Crippen molar-refractivity contribution in [2.45, 2.75) is 19.1 Å². The second-order valence-electron chi connectivity index (χ2n) is 5.91. The highest BCUT2D eigenvalue weighted by atomic mass is 35.5. The Hall–Kier alpha value is -3.07. The fraction of sp³-hybridized carbons (Fsp3) is 0.211. The molecule has 2 aromatic rings. The van der Waals surface area contributed by atoms with Crippen LogP contribution in [0.25, 0.3) is 0 Å². The molecule has 0 radical (unpaired) electrons. The van der Waals surface area contributed by atoms with E-state index in [2.05, 4.69) is 10.6 Å². The van der Waals surface area contributed by atoms with E-state index in [0.29, 0.717) is 11.6 Å². The number of benzene rings is 2. The van der Waals surface area contributed by atoms with Crippen LogP contribution in [0.1, 0.15) is 22.8 Å². The Morgan fingerprint density at radius 3 is 2.38 bits per heavy atom. The van der Waals surface area contributed by atoms with Gasteiger partial charge in [0.15, 0.2) is 6.61 Å². The van der Waals surface area contributed by atoms with Gasteiger partial charge in [0.25, 0.3) is 11.8 Å². The molecular formula is C19H16ClF3N2O4. The summed E-state index contributed by atoms with van der Waals surface area (Å²) in [5.74, 6) is -2.23. The molecule has 2 aromatic carbocycles. The number of carbonyl (C=O) groups is 3. The van der Waals surface area contributed by atoms with Crippen LogP contribution in [-0.2, 0) is 20.5 Å². The molecule has 0 aliphatic heterocycles. The maximum atomic E-state index is 12.8. The number of hydrogen-bond acceptors (Lipinski definition) is 4. The number of rotatable bonds is 6. The fourth-order valence-corrected chi connectivity index (χ4v) is 2.43. The van der Waals surface area contributed by atoms with Gasteiger partial charge in [0.1, 0.15) is 6.04 Å². The predicted molar refractivity (Wildman–Crippen MR) is 99.4 cm³/mol. The molecule has 0 unspecified atom stereocenters. The molecule has 0 aliphatic rings. The molecule has 0 fully saturated rings. The number of esters is 1. The fourth-order valence-electron chi connectivity index (χ4n) is 2.21. The Morgan fingerprint density at radius 2 is 1.76 bits per heavy atom. The maximum Gasteiger partial charge on any atom is 0.417 e. The van der Waals surface area contributed by atoms with Gasteiger partial charge in [0, 0.05) is 11.3 Å². The molecule has 2 rings (SSSR count). The SMILES string of the molecule is C[C@H](NC(=O)c1ccccc1)C(=O)OCC(=O)Nc1ccc(Cl)c(C(F)(F)F)c1. The van der Waals surface area contributed by atoms with E-state index in [9.17, 15) is 27.6 Å². The van der Waals surface area contributed by atoms with Crippen molar-refractivity contribution in [1.29, 1.82) is 0 Å². The van der Waals surface area contributed by atoms with Gasteiger partial charge < -0.3 is 15.4 Å². The normalized spacial score (nSPS) is 12.0. The monoisotopic (exact) mass is 428 g/mol. The standard InChI is InChI=1S/C19H16ClF3N2O4/c1-11(24-17(27)12-5-3-2-4-6-12)18(28)29-10-16(26)25-13-7-8-15(20)14(9-13)19(21,22)23/h2-9,11H,10H2,1H3,(H,24,27)(H,25,26)/t11-/m0/s1. The summed E-state index contributed by atoms with van der Waals surface area (Å²) in [6.07, 6.45) is -4.68. The molecule has 6 nitrogen and oxygen atoms in total. The third-order valence-electron chi connectivity index (χ3n) is 3.64. The highest BCUT2D eigenvalue weighted by molar-refractivity contribution is 6.31. The Balaban J connectivity index is 1.87. The molecule has 0 aliphatic carbocycles. The van der Waals surface area contributed by atoms with Gasteiger partial charge in [-0.3, -0.25) is 9.59 Å². The van der Waals surface area contributed by atoms with Crippen molar-refractivity contribution in [3.05, 3.63) is 64.7 Å². The van der Waals surface area contributed by atoms with E-state index in [1.807, 2.05) is 0 Å². The highest BCUT2D eigenvalue weighted by Crippen LogP contribution is 2.36. The van der Waals surface area contributed by atoms with E-state index < -0.39 is 47.2 Å². The summed E-state index contributed by atoms with van der Waals surface area (Å²) in [6, 6.07) is 9.96. The molecular weight excluding hydrogens is 413 g/mol. The first-order valence-electron chi connectivity index (χ1n) is 8.27. The average molecular weight is 429 g/mol. The van der Waals surface area contributed by atoms with Crippen molar-refractivity contribution in [1.82, 2.24) is 5.32 Å². The van der Waals surface area contributed by atoms with Crippen molar-refractivity contribution < 1.29 is 32.3 Å². The zero-order valence-electron chi connectivity index (χ0n) is 15.0. The van der Waals surface area contributed by atoms with E-state index >= 15 is 0 Å². The minimum absolute atomic E-state index is 0.159. The van der Waals surface area contributed by atoms with E-state index in [0.717, 1.165) is 6.07 Å². The Bertz CT molecular complexity index is 904. The van der Waals surface area contributed by atoms with Crippen molar-refractivity contribution in [2.75, 3.05) is 11.9 Å². The lowest BCUT2D eigenvalue weighted by atomic mass is 10.2. The minimum Gasteiger partial charge on any atom is -0.454 e. The number of ether oxygens (including phenoxy) is 1. The number of nitrogens with one attached hydrogen (secondary N) is 2. The molecule has 0 saturated heterocycles. The van der Waals surface area contributed by atoms with Crippen LogP contribution in [0.15, 0.2) is 48.5 Å². The topological polar surface area (TPSA) is 84.5 Å².